The van der Waals surface area contributed by atoms with Crippen molar-refractivity contribution in [3.05, 3.63) is 67.0 Å². The van der Waals surface area contributed by atoms with E-state index in [1.165, 1.54) is 16.7 Å². The number of aliphatic hydroxyl groups is 1. The van der Waals surface area contributed by atoms with Gasteiger partial charge in [-0.1, -0.05) is 19.1 Å². The molecule has 37 heavy (non-hydrogen) atoms. The lowest BCUT2D eigenvalue weighted by molar-refractivity contribution is -0.130. The first-order valence-corrected chi connectivity index (χ1v) is 13.5. The number of pyridine rings is 1. The number of likely N-dealkylation sites (N-methyl/N-ethyl adjacent to an activating group) is 1. The van der Waals surface area contributed by atoms with E-state index in [0.29, 0.717) is 11.1 Å². The molecule has 0 saturated carbocycles. The Balaban J connectivity index is 1.69. The van der Waals surface area contributed by atoms with Crippen LogP contribution in [-0.2, 0) is 21.2 Å². The summed E-state index contributed by atoms with van der Waals surface area (Å²) in [4.78, 5) is 26.7. The predicted molar refractivity (Wildman–Crippen MR) is 137 cm³/mol. The smallest absolute Gasteiger partial charge is 0.247 e. The van der Waals surface area contributed by atoms with Gasteiger partial charge in [0.15, 0.2) is 0 Å². The number of carbonyl (C=O) groups excluding carboxylic acids is 1. The van der Waals surface area contributed by atoms with E-state index in [0.717, 1.165) is 5.56 Å². The van der Waals surface area contributed by atoms with Crippen LogP contribution in [0.3, 0.4) is 0 Å². The van der Waals surface area contributed by atoms with E-state index < -0.39 is 22.2 Å². The molecule has 0 fully saturated rings. The van der Waals surface area contributed by atoms with Crippen molar-refractivity contribution in [2.24, 2.45) is 5.92 Å². The van der Waals surface area contributed by atoms with E-state index >= 15 is 0 Å². The third kappa shape index (κ3) is 5.95. The van der Waals surface area contributed by atoms with Gasteiger partial charge in [-0.15, -0.1) is 0 Å². The molecular weight excluding hydrogens is 494 g/mol. The van der Waals surface area contributed by atoms with Crippen molar-refractivity contribution in [2.45, 2.75) is 37.3 Å². The zero-order valence-electron chi connectivity index (χ0n) is 21.1. The minimum atomic E-state index is -3.97. The molecule has 4 rings (SSSR count). The van der Waals surface area contributed by atoms with Crippen LogP contribution in [0.25, 0.3) is 11.1 Å². The summed E-state index contributed by atoms with van der Waals surface area (Å²) in [6, 6.07) is 7.85. The molecule has 1 aliphatic rings. The molecule has 1 amide bonds. The van der Waals surface area contributed by atoms with Crippen LogP contribution in [0.15, 0.2) is 66.3 Å². The average molecular weight is 526 g/mol. The molecule has 0 radical (unpaired) electrons. The van der Waals surface area contributed by atoms with Gasteiger partial charge in [0, 0.05) is 55.9 Å². The largest absolute Gasteiger partial charge is 0.487 e. The Morgan fingerprint density at radius 3 is 2.62 bits per heavy atom. The number of hydrogen-bond donors (Lipinski definition) is 1. The Morgan fingerprint density at radius 1 is 1.19 bits per heavy atom. The molecule has 3 atom stereocenters. The molecule has 0 saturated heterocycles. The maximum atomic E-state index is 13.7. The molecule has 3 aromatic rings. The minimum Gasteiger partial charge on any atom is -0.487 e. The van der Waals surface area contributed by atoms with Gasteiger partial charge in [-0.25, -0.2) is 18.4 Å². The standard InChI is InChI=1S/C26H31N5O5S/c1-18-14-31(19(2)16-32)37(34,35)25-7-6-21(22-12-28-17-29-13-22)10-23(25)36-24(18)15-30(3)26(33)9-20-5-4-8-27-11-20/h4-8,10-13,17-19,24,32H,9,14-16H2,1-3H3/t18-,19-,24+/m1/s1. The SMILES string of the molecule is C[C@@H]1CN([C@H](C)CO)S(=O)(=O)c2ccc(-c3cncnc3)cc2O[C@H]1CN(C)C(=O)Cc1cccnc1. The zero-order valence-corrected chi connectivity index (χ0v) is 21.9. The van der Waals surface area contributed by atoms with E-state index in [4.69, 9.17) is 4.74 Å². The van der Waals surface area contributed by atoms with Gasteiger partial charge >= 0.3 is 0 Å². The van der Waals surface area contributed by atoms with Crippen molar-refractivity contribution in [1.29, 1.82) is 0 Å². The lowest BCUT2D eigenvalue weighted by Crippen LogP contribution is -2.50. The molecule has 2 aromatic heterocycles. The van der Waals surface area contributed by atoms with Crippen LogP contribution < -0.4 is 4.74 Å². The molecule has 1 aromatic carbocycles. The van der Waals surface area contributed by atoms with Crippen LogP contribution in [0.5, 0.6) is 5.75 Å². The topological polar surface area (TPSA) is 126 Å². The van der Waals surface area contributed by atoms with Crippen molar-refractivity contribution in [2.75, 3.05) is 26.7 Å². The number of benzene rings is 1. The molecule has 3 heterocycles. The zero-order chi connectivity index (χ0) is 26.6. The highest BCUT2D eigenvalue weighted by Gasteiger charge is 2.38. The molecule has 11 heteroatoms. The van der Waals surface area contributed by atoms with Gasteiger partial charge in [0.1, 0.15) is 23.1 Å². The van der Waals surface area contributed by atoms with Crippen LogP contribution in [0.2, 0.25) is 0 Å². The first-order chi connectivity index (χ1) is 17.7. The molecule has 1 N–H and O–H groups in total. The van der Waals surface area contributed by atoms with Crippen molar-refractivity contribution in [1.82, 2.24) is 24.2 Å². The fourth-order valence-electron chi connectivity index (χ4n) is 4.26. The number of ether oxygens (including phenoxy) is 1. The molecule has 10 nitrogen and oxygen atoms in total. The van der Waals surface area contributed by atoms with Gasteiger partial charge in [-0.3, -0.25) is 9.78 Å². The van der Waals surface area contributed by atoms with Crippen LogP contribution >= 0.6 is 0 Å². The molecule has 0 unspecified atom stereocenters. The first-order valence-electron chi connectivity index (χ1n) is 12.0. The van der Waals surface area contributed by atoms with Crippen molar-refractivity contribution in [3.8, 4) is 16.9 Å². The highest BCUT2D eigenvalue weighted by atomic mass is 32.2. The predicted octanol–water partition coefficient (Wildman–Crippen LogP) is 2.01. The number of hydrogen-bond acceptors (Lipinski definition) is 8. The second-order valence-corrected chi connectivity index (χ2v) is 11.2. The number of fused-ring (bicyclic) bond motifs is 1. The summed E-state index contributed by atoms with van der Waals surface area (Å²) < 4.78 is 35.0. The van der Waals surface area contributed by atoms with Crippen molar-refractivity contribution >= 4 is 15.9 Å². The van der Waals surface area contributed by atoms with Crippen LogP contribution in [0.4, 0.5) is 0 Å². The summed E-state index contributed by atoms with van der Waals surface area (Å²) in [5.41, 5.74) is 2.21. The van der Waals surface area contributed by atoms with E-state index in [1.54, 1.807) is 61.9 Å². The Morgan fingerprint density at radius 2 is 1.95 bits per heavy atom. The second-order valence-electron chi connectivity index (χ2n) is 9.34. The number of carbonyl (C=O) groups is 1. The minimum absolute atomic E-state index is 0.00893. The Hall–Kier alpha value is -3.41. The fraction of sp³-hybridized carbons (Fsp3) is 0.385. The summed E-state index contributed by atoms with van der Waals surface area (Å²) in [6.07, 6.45) is 7.69. The summed E-state index contributed by atoms with van der Waals surface area (Å²) >= 11 is 0. The Bertz CT molecular complexity index is 1320. The number of nitrogens with zero attached hydrogens (tertiary/aromatic N) is 5. The number of amides is 1. The highest BCUT2D eigenvalue weighted by Crippen LogP contribution is 2.36. The van der Waals surface area contributed by atoms with Crippen molar-refractivity contribution in [3.63, 3.8) is 0 Å². The van der Waals surface area contributed by atoms with Gasteiger partial charge in [0.05, 0.1) is 19.6 Å². The first kappa shape index (κ1) is 26.6. The summed E-state index contributed by atoms with van der Waals surface area (Å²) in [7, 11) is -2.26. The van der Waals surface area contributed by atoms with E-state index in [2.05, 4.69) is 15.0 Å². The van der Waals surface area contributed by atoms with Gasteiger partial charge in [-0.05, 0) is 36.2 Å². The normalized spacial score (nSPS) is 20.1. The Labute approximate surface area is 217 Å². The maximum absolute atomic E-state index is 13.7. The number of aliphatic hydroxyl groups excluding tert-OH is 1. The number of rotatable bonds is 7. The van der Waals surface area contributed by atoms with E-state index in [1.807, 2.05) is 13.0 Å². The van der Waals surface area contributed by atoms with Crippen LogP contribution in [0.1, 0.15) is 19.4 Å². The summed E-state index contributed by atoms with van der Waals surface area (Å²) in [5, 5.41) is 9.82. The second kappa shape index (κ2) is 11.3. The Kier molecular flexibility index (Phi) is 8.16. The lowest BCUT2D eigenvalue weighted by atomic mass is 10.0. The van der Waals surface area contributed by atoms with Crippen LogP contribution in [0, 0.1) is 5.92 Å². The van der Waals surface area contributed by atoms with Crippen LogP contribution in [-0.4, -0.2) is 82.5 Å². The molecule has 196 valence electrons. The van der Waals surface area contributed by atoms with Gasteiger partial charge in [0.2, 0.25) is 15.9 Å². The third-order valence-corrected chi connectivity index (χ3v) is 8.54. The van der Waals surface area contributed by atoms with Gasteiger partial charge in [0.25, 0.3) is 0 Å². The summed E-state index contributed by atoms with van der Waals surface area (Å²) in [6.45, 7) is 3.61. The maximum Gasteiger partial charge on any atom is 0.247 e. The van der Waals surface area contributed by atoms with E-state index in [-0.39, 0.29) is 48.6 Å². The number of aromatic nitrogens is 3. The number of sulfonamides is 1. The van der Waals surface area contributed by atoms with Gasteiger partial charge < -0.3 is 14.7 Å². The average Bonchev–Trinajstić information content (AvgIpc) is 2.91. The molecule has 0 aliphatic carbocycles. The van der Waals surface area contributed by atoms with Crippen molar-refractivity contribution < 1.29 is 23.1 Å². The molecule has 1 aliphatic heterocycles. The quantitative estimate of drug-likeness (QED) is 0.497. The van der Waals surface area contributed by atoms with E-state index in [9.17, 15) is 18.3 Å². The summed E-state index contributed by atoms with van der Waals surface area (Å²) in [5.74, 6) is -0.204. The molecule has 0 bridgehead atoms. The molecule has 0 spiro atoms. The molecular formula is C26H31N5O5S. The fourth-order valence-corrected chi connectivity index (χ4v) is 6.08. The third-order valence-electron chi connectivity index (χ3n) is 6.52. The lowest BCUT2D eigenvalue weighted by Gasteiger charge is -2.37. The monoisotopic (exact) mass is 525 g/mol. The van der Waals surface area contributed by atoms with Gasteiger partial charge in [-0.2, -0.15) is 4.31 Å². The highest BCUT2D eigenvalue weighted by molar-refractivity contribution is 7.89.